The molecule has 1 aliphatic carbocycles. The lowest BCUT2D eigenvalue weighted by atomic mass is 9.81. The van der Waals surface area contributed by atoms with Crippen molar-refractivity contribution < 1.29 is 14.6 Å². The van der Waals surface area contributed by atoms with Gasteiger partial charge in [0, 0.05) is 28.0 Å². The Morgan fingerprint density at radius 1 is 1.06 bits per heavy atom. The second kappa shape index (κ2) is 7.12. The van der Waals surface area contributed by atoms with E-state index in [1.165, 1.54) is 48.7 Å². The molecule has 0 saturated heterocycles. The fourth-order valence-electron chi connectivity index (χ4n) is 5.54. The minimum atomic E-state index is -0.890. The van der Waals surface area contributed by atoms with E-state index in [0.29, 0.717) is 24.6 Å². The minimum absolute atomic E-state index is 0.330. The summed E-state index contributed by atoms with van der Waals surface area (Å²) in [5.41, 5.74) is 5.91. The highest BCUT2D eigenvalue weighted by Gasteiger charge is 2.30. The molecule has 1 fully saturated rings. The van der Waals surface area contributed by atoms with Gasteiger partial charge in [-0.05, 0) is 60.7 Å². The number of pyridine rings is 1. The Morgan fingerprint density at radius 2 is 1.94 bits per heavy atom. The monoisotopic (exact) mass is 412 g/mol. The summed E-state index contributed by atoms with van der Waals surface area (Å²) in [6.07, 6.45) is 7.95. The molecule has 2 aromatic heterocycles. The number of nitrogens with zero attached hydrogens (tertiary/aromatic N) is 2. The SMILES string of the molecule is O=C(O)c1ccc2c(C3CCCCC3)c3n(c2c1)CCOc1c-3ccc2ncccc12. The van der Waals surface area contributed by atoms with Gasteiger partial charge in [-0.15, -0.1) is 0 Å². The average Bonchev–Trinajstić information content (AvgIpc) is 3.00. The lowest BCUT2D eigenvalue weighted by molar-refractivity contribution is 0.0697. The summed E-state index contributed by atoms with van der Waals surface area (Å²) >= 11 is 0. The second-order valence-electron chi connectivity index (χ2n) is 8.65. The molecule has 5 heteroatoms. The number of fused-ring (bicyclic) bond motifs is 7. The summed E-state index contributed by atoms with van der Waals surface area (Å²) in [4.78, 5) is 16.2. The lowest BCUT2D eigenvalue weighted by Crippen LogP contribution is -2.07. The van der Waals surface area contributed by atoms with E-state index in [4.69, 9.17) is 4.74 Å². The van der Waals surface area contributed by atoms with Crippen molar-refractivity contribution in [2.75, 3.05) is 6.61 Å². The molecule has 1 saturated carbocycles. The molecule has 5 nitrogen and oxygen atoms in total. The summed E-state index contributed by atoms with van der Waals surface area (Å²) in [6, 6.07) is 13.8. The van der Waals surface area contributed by atoms with Gasteiger partial charge in [0.1, 0.15) is 12.4 Å². The molecule has 0 amide bonds. The van der Waals surface area contributed by atoms with E-state index < -0.39 is 5.97 Å². The van der Waals surface area contributed by atoms with Gasteiger partial charge >= 0.3 is 5.97 Å². The molecular formula is C26H24N2O3. The fraction of sp³-hybridized carbons (Fsp3) is 0.308. The summed E-state index contributed by atoms with van der Waals surface area (Å²) < 4.78 is 8.59. The topological polar surface area (TPSA) is 64.3 Å². The third-order valence-electron chi connectivity index (χ3n) is 6.92. The van der Waals surface area contributed by atoms with Crippen molar-refractivity contribution in [1.29, 1.82) is 0 Å². The number of carboxylic acid groups (broad SMARTS) is 1. The maximum atomic E-state index is 11.7. The first kappa shape index (κ1) is 18.4. The first-order valence-electron chi connectivity index (χ1n) is 11.1. The maximum Gasteiger partial charge on any atom is 0.335 e. The Hall–Kier alpha value is -3.34. The van der Waals surface area contributed by atoms with Gasteiger partial charge in [-0.25, -0.2) is 4.79 Å². The van der Waals surface area contributed by atoms with Crippen LogP contribution < -0.4 is 4.74 Å². The van der Waals surface area contributed by atoms with E-state index in [9.17, 15) is 9.90 Å². The highest BCUT2D eigenvalue weighted by atomic mass is 16.5. The molecule has 0 radical (unpaired) electrons. The summed E-state index contributed by atoms with van der Waals surface area (Å²) in [6.45, 7) is 1.23. The zero-order valence-electron chi connectivity index (χ0n) is 17.3. The van der Waals surface area contributed by atoms with Crippen molar-refractivity contribution in [1.82, 2.24) is 9.55 Å². The van der Waals surface area contributed by atoms with Crippen LogP contribution in [-0.2, 0) is 6.54 Å². The zero-order valence-corrected chi connectivity index (χ0v) is 17.3. The average molecular weight is 412 g/mol. The first-order chi connectivity index (χ1) is 15.2. The van der Waals surface area contributed by atoms with E-state index >= 15 is 0 Å². The van der Waals surface area contributed by atoms with Gasteiger partial charge in [-0.1, -0.05) is 25.3 Å². The summed E-state index contributed by atoms with van der Waals surface area (Å²) in [5, 5.41) is 11.8. The van der Waals surface area contributed by atoms with Crippen LogP contribution in [-0.4, -0.2) is 27.2 Å². The van der Waals surface area contributed by atoms with E-state index in [0.717, 1.165) is 27.7 Å². The third-order valence-corrected chi connectivity index (χ3v) is 6.92. The van der Waals surface area contributed by atoms with E-state index in [-0.39, 0.29) is 0 Å². The molecule has 2 aliphatic rings. The zero-order chi connectivity index (χ0) is 20.9. The van der Waals surface area contributed by atoms with Crippen LogP contribution in [0.25, 0.3) is 33.1 Å². The van der Waals surface area contributed by atoms with Crippen LogP contribution in [0.4, 0.5) is 0 Å². The Labute approximate surface area is 180 Å². The predicted octanol–water partition coefficient (Wildman–Crippen LogP) is 5.99. The number of benzene rings is 2. The summed E-state index contributed by atoms with van der Waals surface area (Å²) in [5.74, 6) is 0.486. The molecule has 31 heavy (non-hydrogen) atoms. The number of ether oxygens (including phenoxy) is 1. The van der Waals surface area contributed by atoms with Crippen LogP contribution >= 0.6 is 0 Å². The van der Waals surface area contributed by atoms with E-state index in [2.05, 4.69) is 27.8 Å². The lowest BCUT2D eigenvalue weighted by Gasteiger charge is -2.23. The molecule has 0 spiro atoms. The highest BCUT2D eigenvalue weighted by molar-refractivity contribution is 6.01. The number of hydrogen-bond acceptors (Lipinski definition) is 3. The Morgan fingerprint density at radius 3 is 2.77 bits per heavy atom. The number of carboxylic acids is 1. The molecule has 0 atom stereocenters. The molecule has 0 bridgehead atoms. The number of aromatic nitrogens is 2. The van der Waals surface area contributed by atoms with Gasteiger partial charge in [0.25, 0.3) is 0 Å². The van der Waals surface area contributed by atoms with Crippen molar-refractivity contribution >= 4 is 27.8 Å². The van der Waals surface area contributed by atoms with Crippen molar-refractivity contribution in [3.8, 4) is 17.0 Å². The van der Waals surface area contributed by atoms with Crippen LogP contribution in [0.1, 0.15) is 53.9 Å². The van der Waals surface area contributed by atoms with Gasteiger partial charge in [0.05, 0.1) is 23.3 Å². The number of carbonyl (C=O) groups is 1. The molecule has 1 N–H and O–H groups in total. The van der Waals surface area contributed by atoms with Crippen LogP contribution in [0, 0.1) is 0 Å². The van der Waals surface area contributed by atoms with Crippen LogP contribution in [0.5, 0.6) is 5.75 Å². The molecule has 2 aromatic carbocycles. The highest BCUT2D eigenvalue weighted by Crippen LogP contribution is 2.48. The molecule has 3 heterocycles. The Kier molecular flexibility index (Phi) is 4.23. The molecule has 1 aliphatic heterocycles. The van der Waals surface area contributed by atoms with Crippen molar-refractivity contribution in [3.63, 3.8) is 0 Å². The van der Waals surface area contributed by atoms with Crippen LogP contribution in [0.2, 0.25) is 0 Å². The maximum absolute atomic E-state index is 11.7. The van der Waals surface area contributed by atoms with Gasteiger partial charge in [-0.2, -0.15) is 0 Å². The number of aromatic carboxylic acids is 1. The smallest absolute Gasteiger partial charge is 0.335 e. The van der Waals surface area contributed by atoms with Crippen molar-refractivity contribution in [2.24, 2.45) is 0 Å². The van der Waals surface area contributed by atoms with E-state index in [1.807, 2.05) is 24.4 Å². The normalized spacial score (nSPS) is 16.5. The Bertz CT molecular complexity index is 1330. The summed E-state index contributed by atoms with van der Waals surface area (Å²) in [7, 11) is 0. The van der Waals surface area contributed by atoms with Crippen molar-refractivity contribution in [2.45, 2.75) is 44.6 Å². The van der Waals surface area contributed by atoms with Gasteiger partial charge in [0.2, 0.25) is 0 Å². The minimum Gasteiger partial charge on any atom is -0.490 e. The standard InChI is InChI=1S/C26H24N2O3/c29-26(30)17-8-9-19-22(15-17)28-13-14-31-25-18-7-4-12-27-21(18)11-10-20(25)24(28)23(19)16-5-2-1-3-6-16/h4,7-12,15-16H,1-3,5-6,13-14H2,(H,29,30). The van der Waals surface area contributed by atoms with Gasteiger partial charge in [0.15, 0.2) is 0 Å². The third kappa shape index (κ3) is 2.83. The number of rotatable bonds is 2. The molecule has 0 unspecified atom stereocenters. The number of hydrogen-bond donors (Lipinski definition) is 1. The van der Waals surface area contributed by atoms with E-state index in [1.54, 1.807) is 6.07 Å². The largest absolute Gasteiger partial charge is 0.490 e. The first-order valence-corrected chi connectivity index (χ1v) is 11.1. The molecular weight excluding hydrogens is 388 g/mol. The predicted molar refractivity (Wildman–Crippen MR) is 121 cm³/mol. The second-order valence-corrected chi connectivity index (χ2v) is 8.65. The van der Waals surface area contributed by atoms with Crippen molar-refractivity contribution in [3.05, 3.63) is 59.8 Å². The molecule has 156 valence electrons. The van der Waals surface area contributed by atoms with Crippen LogP contribution in [0.15, 0.2) is 48.7 Å². The van der Waals surface area contributed by atoms with Crippen LogP contribution in [0.3, 0.4) is 0 Å². The Balaban J connectivity index is 1.70. The quantitative estimate of drug-likeness (QED) is 0.439. The molecule has 6 rings (SSSR count). The molecule has 4 aromatic rings. The van der Waals surface area contributed by atoms with Gasteiger partial charge in [-0.3, -0.25) is 4.98 Å². The fourth-order valence-corrected chi connectivity index (χ4v) is 5.54. The van der Waals surface area contributed by atoms with Gasteiger partial charge < -0.3 is 14.4 Å².